The van der Waals surface area contributed by atoms with Crippen LogP contribution >= 0.6 is 0 Å². The maximum atomic E-state index is 13.1. The molecule has 1 atom stereocenters. The summed E-state index contributed by atoms with van der Waals surface area (Å²) in [6.45, 7) is 4.91. The van der Waals surface area contributed by atoms with Crippen molar-refractivity contribution < 1.29 is 17.6 Å². The van der Waals surface area contributed by atoms with Crippen molar-refractivity contribution >= 4 is 15.9 Å². The summed E-state index contributed by atoms with van der Waals surface area (Å²) in [4.78, 5) is 12.9. The van der Waals surface area contributed by atoms with Gasteiger partial charge in [0.15, 0.2) is 0 Å². The number of halogens is 1. The molecule has 1 aliphatic rings. The minimum Gasteiger partial charge on any atom is -0.349 e. The molecule has 0 bridgehead atoms. The van der Waals surface area contributed by atoms with E-state index in [4.69, 9.17) is 0 Å². The fourth-order valence-electron chi connectivity index (χ4n) is 4.00. The Kier molecular flexibility index (Phi) is 7.84. The van der Waals surface area contributed by atoms with Gasteiger partial charge in [0.1, 0.15) is 5.82 Å². The maximum absolute atomic E-state index is 13.1. The predicted molar refractivity (Wildman–Crippen MR) is 120 cm³/mol. The SMILES string of the molecule is CC(C)C[C@H](NC(=O)C1CCN(S(=O)(=O)Cc2ccc(F)cc2)CC1)c1ccccc1. The van der Waals surface area contributed by atoms with E-state index in [1.165, 1.54) is 28.6 Å². The van der Waals surface area contributed by atoms with Gasteiger partial charge in [-0.3, -0.25) is 4.79 Å². The molecule has 3 rings (SSSR count). The summed E-state index contributed by atoms with van der Waals surface area (Å²) in [7, 11) is -3.50. The van der Waals surface area contributed by atoms with Crippen LogP contribution in [0, 0.1) is 17.7 Å². The van der Waals surface area contributed by atoms with Gasteiger partial charge in [-0.05, 0) is 48.4 Å². The van der Waals surface area contributed by atoms with Gasteiger partial charge in [-0.1, -0.05) is 56.3 Å². The minimum atomic E-state index is -3.50. The first kappa shape index (κ1) is 23.4. The molecule has 0 spiro atoms. The first-order valence-electron chi connectivity index (χ1n) is 10.8. The van der Waals surface area contributed by atoms with Crippen molar-refractivity contribution in [3.8, 4) is 0 Å². The van der Waals surface area contributed by atoms with E-state index in [0.29, 0.717) is 37.4 Å². The number of nitrogens with one attached hydrogen (secondary N) is 1. The average Bonchev–Trinajstić information content (AvgIpc) is 2.75. The molecule has 0 radical (unpaired) electrons. The van der Waals surface area contributed by atoms with E-state index >= 15 is 0 Å². The van der Waals surface area contributed by atoms with E-state index in [1.54, 1.807) is 0 Å². The number of hydrogen-bond acceptors (Lipinski definition) is 3. The van der Waals surface area contributed by atoms with Gasteiger partial charge in [0.2, 0.25) is 15.9 Å². The Hall–Kier alpha value is -2.25. The van der Waals surface area contributed by atoms with Gasteiger partial charge in [0.25, 0.3) is 0 Å². The van der Waals surface area contributed by atoms with Crippen molar-refractivity contribution in [2.45, 2.75) is 44.9 Å². The van der Waals surface area contributed by atoms with Crippen LogP contribution in [0.15, 0.2) is 54.6 Å². The fraction of sp³-hybridized carbons (Fsp3) is 0.458. The van der Waals surface area contributed by atoms with E-state index in [9.17, 15) is 17.6 Å². The number of benzene rings is 2. The monoisotopic (exact) mass is 446 g/mol. The van der Waals surface area contributed by atoms with Gasteiger partial charge in [0.05, 0.1) is 11.8 Å². The Morgan fingerprint density at radius 2 is 1.68 bits per heavy atom. The third-order valence-electron chi connectivity index (χ3n) is 5.71. The lowest BCUT2D eigenvalue weighted by Crippen LogP contribution is -2.44. The van der Waals surface area contributed by atoms with Crippen molar-refractivity contribution in [2.75, 3.05) is 13.1 Å². The molecule has 1 fully saturated rings. The van der Waals surface area contributed by atoms with Crippen molar-refractivity contribution in [1.82, 2.24) is 9.62 Å². The lowest BCUT2D eigenvalue weighted by Gasteiger charge is -2.32. The third-order valence-corrected chi connectivity index (χ3v) is 7.56. The van der Waals surface area contributed by atoms with Crippen molar-refractivity contribution in [2.24, 2.45) is 11.8 Å². The lowest BCUT2D eigenvalue weighted by molar-refractivity contribution is -0.127. The Bertz CT molecular complexity index is 954. The van der Waals surface area contributed by atoms with Gasteiger partial charge < -0.3 is 5.32 Å². The first-order chi connectivity index (χ1) is 14.7. The van der Waals surface area contributed by atoms with E-state index in [-0.39, 0.29) is 29.4 Å². The van der Waals surface area contributed by atoms with Crippen LogP contribution in [0.1, 0.15) is 50.3 Å². The van der Waals surface area contributed by atoms with Crippen molar-refractivity contribution in [3.05, 3.63) is 71.5 Å². The molecular formula is C24H31FN2O3S. The summed E-state index contributed by atoms with van der Waals surface area (Å²) in [5.41, 5.74) is 1.64. The molecule has 7 heteroatoms. The zero-order valence-corrected chi connectivity index (χ0v) is 18.9. The summed E-state index contributed by atoms with van der Waals surface area (Å²) in [5.74, 6) is -0.321. The van der Waals surface area contributed by atoms with Crippen LogP contribution in [0.2, 0.25) is 0 Å². The summed E-state index contributed by atoms with van der Waals surface area (Å²) in [5, 5.41) is 3.19. The second-order valence-electron chi connectivity index (χ2n) is 8.66. The lowest BCUT2D eigenvalue weighted by atomic mass is 9.93. The number of carbonyl (C=O) groups excluding carboxylic acids is 1. The van der Waals surface area contributed by atoms with Crippen molar-refractivity contribution in [3.63, 3.8) is 0 Å². The second-order valence-corrected chi connectivity index (χ2v) is 10.6. The number of amides is 1. The van der Waals surface area contributed by atoms with E-state index in [0.717, 1.165) is 12.0 Å². The molecule has 0 unspecified atom stereocenters. The van der Waals surface area contributed by atoms with Crippen LogP contribution in [0.4, 0.5) is 4.39 Å². The van der Waals surface area contributed by atoms with Crippen molar-refractivity contribution in [1.29, 1.82) is 0 Å². The van der Waals surface area contributed by atoms with Crippen LogP contribution in [0.5, 0.6) is 0 Å². The summed E-state index contributed by atoms with van der Waals surface area (Å²) >= 11 is 0. The molecule has 1 heterocycles. The zero-order chi connectivity index (χ0) is 22.4. The number of hydrogen-bond donors (Lipinski definition) is 1. The summed E-state index contributed by atoms with van der Waals surface area (Å²) < 4.78 is 40.0. The van der Waals surface area contributed by atoms with Crippen LogP contribution in [-0.2, 0) is 20.6 Å². The molecule has 0 saturated carbocycles. The first-order valence-corrected chi connectivity index (χ1v) is 12.4. The molecule has 2 aromatic carbocycles. The Morgan fingerprint density at radius 1 is 1.06 bits per heavy atom. The molecule has 1 N–H and O–H groups in total. The molecule has 2 aromatic rings. The molecule has 31 heavy (non-hydrogen) atoms. The highest BCUT2D eigenvalue weighted by molar-refractivity contribution is 7.88. The predicted octanol–water partition coefficient (Wildman–Crippen LogP) is 4.27. The highest BCUT2D eigenvalue weighted by Gasteiger charge is 2.32. The number of sulfonamides is 1. The number of piperidine rings is 1. The summed E-state index contributed by atoms with van der Waals surface area (Å²) in [6, 6.07) is 15.4. The highest BCUT2D eigenvalue weighted by atomic mass is 32.2. The molecule has 1 aliphatic heterocycles. The van der Waals surface area contributed by atoms with Crippen LogP contribution in [0.3, 0.4) is 0 Å². The van der Waals surface area contributed by atoms with Gasteiger partial charge in [-0.25, -0.2) is 17.1 Å². The Morgan fingerprint density at radius 3 is 2.26 bits per heavy atom. The molecule has 5 nitrogen and oxygen atoms in total. The van der Waals surface area contributed by atoms with E-state index in [2.05, 4.69) is 19.2 Å². The topological polar surface area (TPSA) is 66.5 Å². The third kappa shape index (κ3) is 6.61. The number of nitrogens with zero attached hydrogens (tertiary/aromatic N) is 1. The van der Waals surface area contributed by atoms with Gasteiger partial charge >= 0.3 is 0 Å². The normalized spacial score (nSPS) is 16.9. The van der Waals surface area contributed by atoms with Crippen LogP contribution in [-0.4, -0.2) is 31.7 Å². The summed E-state index contributed by atoms with van der Waals surface area (Å²) in [6.07, 6.45) is 1.84. The minimum absolute atomic E-state index is 0.00918. The number of rotatable bonds is 8. The van der Waals surface area contributed by atoms with Crippen LogP contribution in [0.25, 0.3) is 0 Å². The average molecular weight is 447 g/mol. The smallest absolute Gasteiger partial charge is 0.223 e. The maximum Gasteiger partial charge on any atom is 0.223 e. The number of carbonyl (C=O) groups is 1. The molecule has 0 aliphatic carbocycles. The molecule has 1 saturated heterocycles. The van der Waals surface area contributed by atoms with E-state index in [1.807, 2.05) is 30.3 Å². The molecule has 1 amide bonds. The van der Waals surface area contributed by atoms with Gasteiger partial charge in [-0.2, -0.15) is 0 Å². The fourth-order valence-corrected chi connectivity index (χ4v) is 5.57. The van der Waals surface area contributed by atoms with E-state index < -0.39 is 10.0 Å². The standard InChI is InChI=1S/C24H31FN2O3S/c1-18(2)16-23(20-6-4-3-5-7-20)26-24(28)21-12-14-27(15-13-21)31(29,30)17-19-8-10-22(25)11-9-19/h3-11,18,21,23H,12-17H2,1-2H3,(H,26,28)/t23-/m0/s1. The van der Waals surface area contributed by atoms with Crippen LogP contribution < -0.4 is 5.32 Å². The molecule has 168 valence electrons. The molecular weight excluding hydrogens is 415 g/mol. The Labute approximate surface area is 184 Å². The second kappa shape index (κ2) is 10.4. The van der Waals surface area contributed by atoms with Gasteiger partial charge in [0, 0.05) is 19.0 Å². The Balaban J connectivity index is 1.57. The van der Waals surface area contributed by atoms with Gasteiger partial charge in [-0.15, -0.1) is 0 Å². The highest BCUT2D eigenvalue weighted by Crippen LogP contribution is 2.25. The molecule has 0 aromatic heterocycles. The largest absolute Gasteiger partial charge is 0.349 e. The quantitative estimate of drug-likeness (QED) is 0.659. The zero-order valence-electron chi connectivity index (χ0n) is 18.1.